The zero-order chi connectivity index (χ0) is 18.5. The number of benzene rings is 1. The predicted molar refractivity (Wildman–Crippen MR) is 107 cm³/mol. The SMILES string of the molecule is Cc1ccc(OCC(=O)N2CCN(C(=O)[C@@H]3CCC[C@@H]3CN)CC2)cc1.Cl. The average Bonchev–Trinajstić information content (AvgIpc) is 3.15. The Balaban J connectivity index is 0.00000261. The molecular formula is C20H30ClN3O3. The third-order valence-electron chi connectivity index (χ3n) is 5.61. The lowest BCUT2D eigenvalue weighted by Gasteiger charge is -2.36. The fourth-order valence-electron chi connectivity index (χ4n) is 3.93. The highest BCUT2D eigenvalue weighted by atomic mass is 35.5. The summed E-state index contributed by atoms with van der Waals surface area (Å²) in [5.41, 5.74) is 6.96. The molecule has 1 aliphatic heterocycles. The number of piperazine rings is 1. The fraction of sp³-hybridized carbons (Fsp3) is 0.600. The summed E-state index contributed by atoms with van der Waals surface area (Å²) in [4.78, 5) is 28.8. The van der Waals surface area contributed by atoms with Gasteiger partial charge in [0, 0.05) is 32.1 Å². The number of carbonyl (C=O) groups excluding carboxylic acids is 2. The number of carbonyl (C=O) groups is 2. The van der Waals surface area contributed by atoms with Gasteiger partial charge < -0.3 is 20.3 Å². The Kier molecular flexibility index (Phi) is 7.92. The quantitative estimate of drug-likeness (QED) is 0.825. The number of halogens is 1. The van der Waals surface area contributed by atoms with E-state index in [9.17, 15) is 9.59 Å². The van der Waals surface area contributed by atoms with E-state index >= 15 is 0 Å². The van der Waals surface area contributed by atoms with Crippen molar-refractivity contribution in [1.29, 1.82) is 0 Å². The van der Waals surface area contributed by atoms with Gasteiger partial charge in [0.15, 0.2) is 6.61 Å². The second kappa shape index (κ2) is 9.95. The number of ether oxygens (including phenoxy) is 1. The van der Waals surface area contributed by atoms with Crippen LogP contribution in [0.15, 0.2) is 24.3 Å². The first-order chi connectivity index (χ1) is 12.6. The standard InChI is InChI=1S/C20H29N3O3.ClH/c1-15-5-7-17(8-6-15)26-14-19(24)22-9-11-23(12-10-22)20(25)18-4-2-3-16(18)13-21;/h5-8,16,18H,2-4,9-14,21H2,1H3;1H/t16-,18-;/m1./s1. The normalized spacial score (nSPS) is 22.3. The van der Waals surface area contributed by atoms with Gasteiger partial charge in [0.25, 0.3) is 5.91 Å². The molecule has 2 fully saturated rings. The fourth-order valence-corrected chi connectivity index (χ4v) is 3.93. The summed E-state index contributed by atoms with van der Waals surface area (Å²) in [7, 11) is 0. The molecular weight excluding hydrogens is 366 g/mol. The summed E-state index contributed by atoms with van der Waals surface area (Å²) in [6.07, 6.45) is 3.10. The van der Waals surface area contributed by atoms with Crippen LogP contribution in [0.1, 0.15) is 24.8 Å². The van der Waals surface area contributed by atoms with E-state index in [4.69, 9.17) is 10.5 Å². The highest BCUT2D eigenvalue weighted by Gasteiger charge is 2.36. The number of nitrogens with two attached hydrogens (primary N) is 1. The largest absolute Gasteiger partial charge is 0.484 e. The minimum absolute atomic E-state index is 0. The van der Waals surface area contributed by atoms with Gasteiger partial charge >= 0.3 is 0 Å². The van der Waals surface area contributed by atoms with Gasteiger partial charge in [-0.3, -0.25) is 9.59 Å². The number of aryl methyl sites for hydroxylation is 1. The lowest BCUT2D eigenvalue weighted by molar-refractivity contribution is -0.143. The molecule has 1 saturated heterocycles. The van der Waals surface area contributed by atoms with E-state index in [-0.39, 0.29) is 36.7 Å². The summed E-state index contributed by atoms with van der Waals surface area (Å²) in [5, 5.41) is 0. The Morgan fingerprint density at radius 2 is 1.70 bits per heavy atom. The van der Waals surface area contributed by atoms with Crippen LogP contribution in [0, 0.1) is 18.8 Å². The van der Waals surface area contributed by atoms with Gasteiger partial charge in [0.1, 0.15) is 5.75 Å². The first kappa shape index (κ1) is 21.5. The van der Waals surface area contributed by atoms with Crippen molar-refractivity contribution < 1.29 is 14.3 Å². The first-order valence-electron chi connectivity index (χ1n) is 9.54. The van der Waals surface area contributed by atoms with E-state index < -0.39 is 0 Å². The van der Waals surface area contributed by atoms with Gasteiger partial charge in [-0.1, -0.05) is 24.1 Å². The Morgan fingerprint density at radius 1 is 1.07 bits per heavy atom. The summed E-state index contributed by atoms with van der Waals surface area (Å²) in [5.74, 6) is 1.29. The molecule has 27 heavy (non-hydrogen) atoms. The highest BCUT2D eigenvalue weighted by molar-refractivity contribution is 5.85. The molecule has 1 aromatic carbocycles. The van der Waals surface area contributed by atoms with Gasteiger partial charge in [-0.2, -0.15) is 0 Å². The van der Waals surface area contributed by atoms with E-state index in [2.05, 4.69) is 0 Å². The Hall–Kier alpha value is -1.79. The first-order valence-corrected chi connectivity index (χ1v) is 9.54. The Bertz CT molecular complexity index is 630. The number of hydrogen-bond acceptors (Lipinski definition) is 4. The Labute approximate surface area is 167 Å². The molecule has 1 saturated carbocycles. The molecule has 0 spiro atoms. The lowest BCUT2D eigenvalue weighted by atomic mass is 9.94. The van der Waals surface area contributed by atoms with E-state index in [1.807, 2.05) is 36.1 Å². The van der Waals surface area contributed by atoms with Crippen LogP contribution in [0.2, 0.25) is 0 Å². The molecule has 150 valence electrons. The van der Waals surface area contributed by atoms with Gasteiger partial charge in [-0.15, -0.1) is 12.4 Å². The molecule has 0 unspecified atom stereocenters. The molecule has 1 aromatic rings. The van der Waals surface area contributed by atoms with Crippen LogP contribution in [-0.4, -0.2) is 60.9 Å². The van der Waals surface area contributed by atoms with Crippen LogP contribution < -0.4 is 10.5 Å². The average molecular weight is 396 g/mol. The summed E-state index contributed by atoms with van der Waals surface area (Å²) >= 11 is 0. The number of amides is 2. The highest BCUT2D eigenvalue weighted by Crippen LogP contribution is 2.32. The molecule has 0 bridgehead atoms. The van der Waals surface area contributed by atoms with Gasteiger partial charge in [-0.25, -0.2) is 0 Å². The van der Waals surface area contributed by atoms with E-state index in [0.29, 0.717) is 44.4 Å². The van der Waals surface area contributed by atoms with Gasteiger partial charge in [0.2, 0.25) is 5.91 Å². The van der Waals surface area contributed by atoms with Gasteiger partial charge in [-0.05, 0) is 44.4 Å². The molecule has 1 aliphatic carbocycles. The second-order valence-electron chi connectivity index (χ2n) is 7.34. The molecule has 0 aromatic heterocycles. The van der Waals surface area contributed by atoms with E-state index in [1.165, 1.54) is 0 Å². The molecule has 2 N–H and O–H groups in total. The van der Waals surface area contributed by atoms with E-state index in [0.717, 1.165) is 24.8 Å². The lowest BCUT2D eigenvalue weighted by Crippen LogP contribution is -2.53. The molecule has 6 nitrogen and oxygen atoms in total. The molecule has 2 amide bonds. The van der Waals surface area contributed by atoms with Crippen molar-refractivity contribution in [3.8, 4) is 5.75 Å². The topological polar surface area (TPSA) is 75.9 Å². The summed E-state index contributed by atoms with van der Waals surface area (Å²) < 4.78 is 5.57. The zero-order valence-corrected chi connectivity index (χ0v) is 16.7. The summed E-state index contributed by atoms with van der Waals surface area (Å²) in [6.45, 7) is 4.98. The van der Waals surface area contributed by atoms with E-state index in [1.54, 1.807) is 4.90 Å². The number of nitrogens with zero attached hydrogens (tertiary/aromatic N) is 2. The van der Waals surface area contributed by atoms with Crippen LogP contribution >= 0.6 is 12.4 Å². The number of rotatable bonds is 5. The third kappa shape index (κ3) is 5.36. The van der Waals surface area contributed by atoms with Crippen molar-refractivity contribution in [2.24, 2.45) is 17.6 Å². The molecule has 7 heteroatoms. The van der Waals surface area contributed by atoms with Crippen LogP contribution in [0.4, 0.5) is 0 Å². The number of hydrogen-bond donors (Lipinski definition) is 1. The van der Waals surface area contributed by atoms with Crippen molar-refractivity contribution in [2.75, 3.05) is 39.3 Å². The molecule has 0 radical (unpaired) electrons. The third-order valence-corrected chi connectivity index (χ3v) is 5.61. The Morgan fingerprint density at radius 3 is 2.33 bits per heavy atom. The van der Waals surface area contributed by atoms with Crippen LogP contribution in [0.5, 0.6) is 5.75 Å². The van der Waals surface area contributed by atoms with Crippen molar-refractivity contribution in [3.05, 3.63) is 29.8 Å². The van der Waals surface area contributed by atoms with Crippen molar-refractivity contribution in [1.82, 2.24) is 9.80 Å². The molecule has 1 heterocycles. The molecule has 3 rings (SSSR count). The monoisotopic (exact) mass is 395 g/mol. The van der Waals surface area contributed by atoms with Crippen molar-refractivity contribution in [3.63, 3.8) is 0 Å². The van der Waals surface area contributed by atoms with Crippen LogP contribution in [-0.2, 0) is 9.59 Å². The maximum Gasteiger partial charge on any atom is 0.260 e. The minimum Gasteiger partial charge on any atom is -0.484 e. The summed E-state index contributed by atoms with van der Waals surface area (Å²) in [6, 6.07) is 7.66. The maximum absolute atomic E-state index is 12.7. The van der Waals surface area contributed by atoms with Crippen LogP contribution in [0.25, 0.3) is 0 Å². The molecule has 2 atom stereocenters. The van der Waals surface area contributed by atoms with Gasteiger partial charge in [0.05, 0.1) is 0 Å². The van der Waals surface area contributed by atoms with Crippen molar-refractivity contribution in [2.45, 2.75) is 26.2 Å². The zero-order valence-electron chi connectivity index (χ0n) is 15.9. The smallest absolute Gasteiger partial charge is 0.260 e. The molecule has 2 aliphatic rings. The van der Waals surface area contributed by atoms with Crippen molar-refractivity contribution >= 4 is 24.2 Å². The minimum atomic E-state index is -0.0293. The second-order valence-corrected chi connectivity index (χ2v) is 7.34. The maximum atomic E-state index is 12.7. The predicted octanol–water partition coefficient (Wildman–Crippen LogP) is 1.84. The van der Waals surface area contributed by atoms with Crippen LogP contribution in [0.3, 0.4) is 0 Å².